The molecule has 0 aliphatic carbocycles. The van der Waals surface area contributed by atoms with E-state index in [0.29, 0.717) is 17.8 Å². The fourth-order valence-corrected chi connectivity index (χ4v) is 4.84. The lowest BCUT2D eigenvalue weighted by Crippen LogP contribution is -2.31. The van der Waals surface area contributed by atoms with Crippen molar-refractivity contribution < 1.29 is 4.57 Å². The first-order chi connectivity index (χ1) is 15.7. The Labute approximate surface area is 199 Å². The van der Waals surface area contributed by atoms with Crippen molar-refractivity contribution in [2.75, 3.05) is 0 Å². The average molecular weight is 438 g/mol. The molecule has 170 valence electrons. The van der Waals surface area contributed by atoms with Gasteiger partial charge in [-0.2, -0.15) is 0 Å². The number of benzene rings is 3. The summed E-state index contributed by atoms with van der Waals surface area (Å²) in [5, 5.41) is 1.19. The molecule has 0 fully saturated rings. The number of hydrogen-bond donors (Lipinski definition) is 0. The minimum Gasteiger partial charge on any atom is -0.232 e. The highest BCUT2D eigenvalue weighted by Gasteiger charge is 2.21. The van der Waals surface area contributed by atoms with Crippen molar-refractivity contribution in [2.24, 2.45) is 7.05 Å². The van der Waals surface area contributed by atoms with Crippen LogP contribution in [0.25, 0.3) is 33.3 Å². The summed E-state index contributed by atoms with van der Waals surface area (Å²) in [5.41, 5.74) is 11.8. The molecule has 0 spiro atoms. The van der Waals surface area contributed by atoms with E-state index in [9.17, 15) is 0 Å². The van der Waals surface area contributed by atoms with Crippen LogP contribution >= 0.6 is 0 Å². The van der Waals surface area contributed by atoms with Crippen molar-refractivity contribution in [3.05, 3.63) is 83.2 Å². The van der Waals surface area contributed by atoms with Crippen molar-refractivity contribution in [1.82, 2.24) is 4.98 Å². The molecule has 0 N–H and O–H groups in total. The standard InChI is InChI=1S/C31H37N2/c1-19(2)24-16-26(20(3)4)30(27(17-24)21(5)6)23-14-13-22(7)28(15-23)31-25-11-9-10-12-29(25)32-18-33(31)8/h9-21H,1-8H3/q+1. The molecule has 4 aromatic rings. The summed E-state index contributed by atoms with van der Waals surface area (Å²) in [6, 6.07) is 20.3. The van der Waals surface area contributed by atoms with Crippen LogP contribution in [0.5, 0.6) is 0 Å². The van der Waals surface area contributed by atoms with Gasteiger partial charge in [0, 0.05) is 5.56 Å². The first-order valence-corrected chi connectivity index (χ1v) is 12.2. The Bertz CT molecular complexity index is 1280. The van der Waals surface area contributed by atoms with Crippen molar-refractivity contribution in [2.45, 2.75) is 66.2 Å². The van der Waals surface area contributed by atoms with Crippen LogP contribution in [0.1, 0.15) is 81.5 Å². The second-order valence-corrected chi connectivity index (χ2v) is 10.3. The van der Waals surface area contributed by atoms with Gasteiger partial charge >= 0.3 is 0 Å². The van der Waals surface area contributed by atoms with Crippen LogP contribution in [0.2, 0.25) is 0 Å². The normalized spacial score (nSPS) is 11.8. The van der Waals surface area contributed by atoms with Gasteiger partial charge in [-0.25, -0.2) is 4.57 Å². The maximum absolute atomic E-state index is 4.64. The van der Waals surface area contributed by atoms with E-state index in [1.54, 1.807) is 0 Å². The molecule has 33 heavy (non-hydrogen) atoms. The number of fused-ring (bicyclic) bond motifs is 1. The molecule has 0 saturated heterocycles. The van der Waals surface area contributed by atoms with Crippen molar-refractivity contribution in [3.8, 4) is 22.4 Å². The summed E-state index contributed by atoms with van der Waals surface area (Å²) in [6.07, 6.45) is 1.93. The van der Waals surface area contributed by atoms with Crippen LogP contribution < -0.4 is 4.57 Å². The van der Waals surface area contributed by atoms with Gasteiger partial charge in [0.25, 0.3) is 6.33 Å². The molecule has 0 amide bonds. The highest BCUT2D eigenvalue weighted by molar-refractivity contribution is 5.92. The molecule has 2 nitrogen and oxygen atoms in total. The maximum atomic E-state index is 4.64. The van der Waals surface area contributed by atoms with Gasteiger partial charge in [0.2, 0.25) is 0 Å². The lowest BCUT2D eigenvalue weighted by Gasteiger charge is -2.24. The topological polar surface area (TPSA) is 16.8 Å². The van der Waals surface area contributed by atoms with E-state index in [0.717, 1.165) is 5.52 Å². The largest absolute Gasteiger partial charge is 0.287 e. The zero-order valence-corrected chi connectivity index (χ0v) is 21.4. The van der Waals surface area contributed by atoms with E-state index in [4.69, 9.17) is 0 Å². The highest BCUT2D eigenvalue weighted by atomic mass is 15.0. The summed E-state index contributed by atoms with van der Waals surface area (Å²) in [4.78, 5) is 4.64. The van der Waals surface area contributed by atoms with Gasteiger partial charge in [0.15, 0.2) is 5.52 Å². The Kier molecular flexibility index (Phi) is 6.38. The van der Waals surface area contributed by atoms with E-state index in [-0.39, 0.29) is 0 Å². The maximum Gasteiger partial charge on any atom is 0.287 e. The van der Waals surface area contributed by atoms with Gasteiger partial charge in [-0.3, -0.25) is 0 Å². The number of aryl methyl sites for hydroxylation is 2. The SMILES string of the molecule is Cc1ccc(-c2c(C(C)C)cc(C(C)C)cc2C(C)C)cc1-c1c2ccccc2nc[n+]1C. The van der Waals surface area contributed by atoms with Crippen molar-refractivity contribution >= 4 is 10.9 Å². The number of aromatic nitrogens is 2. The molecule has 1 aromatic heterocycles. The summed E-state index contributed by atoms with van der Waals surface area (Å²) in [5.74, 6) is 1.43. The van der Waals surface area contributed by atoms with Gasteiger partial charge < -0.3 is 0 Å². The molecule has 2 heteroatoms. The highest BCUT2D eigenvalue weighted by Crippen LogP contribution is 2.40. The molecular weight excluding hydrogens is 400 g/mol. The van der Waals surface area contributed by atoms with E-state index < -0.39 is 0 Å². The van der Waals surface area contributed by atoms with E-state index in [1.807, 2.05) is 6.33 Å². The Morgan fingerprint density at radius 1 is 0.758 bits per heavy atom. The Hall–Kier alpha value is -3.00. The van der Waals surface area contributed by atoms with Gasteiger partial charge in [0.1, 0.15) is 5.69 Å². The van der Waals surface area contributed by atoms with E-state index >= 15 is 0 Å². The second-order valence-electron chi connectivity index (χ2n) is 10.3. The molecule has 0 unspecified atom stereocenters. The molecule has 0 atom stereocenters. The monoisotopic (exact) mass is 437 g/mol. The van der Waals surface area contributed by atoms with Gasteiger partial charge in [0.05, 0.1) is 12.4 Å². The zero-order valence-electron chi connectivity index (χ0n) is 21.4. The molecule has 0 aliphatic heterocycles. The number of hydrogen-bond acceptors (Lipinski definition) is 1. The summed E-state index contributed by atoms with van der Waals surface area (Å²) in [6.45, 7) is 16.1. The molecule has 0 bridgehead atoms. The zero-order chi connectivity index (χ0) is 23.9. The fraction of sp³-hybridized carbons (Fsp3) is 0.355. The van der Waals surface area contributed by atoms with Crippen molar-refractivity contribution in [3.63, 3.8) is 0 Å². The Morgan fingerprint density at radius 3 is 2.00 bits per heavy atom. The molecule has 3 aromatic carbocycles. The second kappa shape index (κ2) is 9.09. The van der Waals surface area contributed by atoms with Gasteiger partial charge in [-0.15, -0.1) is 0 Å². The summed E-state index contributed by atoms with van der Waals surface area (Å²) in [7, 11) is 2.09. The third-order valence-corrected chi connectivity index (χ3v) is 6.80. The predicted octanol–water partition coefficient (Wildman–Crippen LogP) is 8.07. The lowest BCUT2D eigenvalue weighted by atomic mass is 9.81. The van der Waals surface area contributed by atoms with Gasteiger partial charge in [-0.05, 0) is 81.2 Å². The number of rotatable bonds is 5. The molecule has 4 rings (SSSR count). The van der Waals surface area contributed by atoms with Gasteiger partial charge in [-0.1, -0.05) is 77.9 Å². The molecule has 0 aliphatic rings. The Balaban J connectivity index is 2.03. The van der Waals surface area contributed by atoms with Crippen LogP contribution in [0.3, 0.4) is 0 Å². The lowest BCUT2D eigenvalue weighted by molar-refractivity contribution is -0.662. The summed E-state index contributed by atoms with van der Waals surface area (Å²) < 4.78 is 2.16. The third-order valence-electron chi connectivity index (χ3n) is 6.80. The van der Waals surface area contributed by atoms with Crippen LogP contribution in [0, 0.1) is 6.92 Å². The molecule has 0 saturated carbocycles. The predicted molar refractivity (Wildman–Crippen MR) is 141 cm³/mol. The first-order valence-electron chi connectivity index (χ1n) is 12.2. The molecule has 0 radical (unpaired) electrons. The van der Waals surface area contributed by atoms with Crippen LogP contribution in [-0.2, 0) is 7.05 Å². The smallest absolute Gasteiger partial charge is 0.232 e. The molecular formula is C31H37N2+. The average Bonchev–Trinajstić information content (AvgIpc) is 2.78. The van der Waals surface area contributed by atoms with E-state index in [2.05, 4.69) is 120 Å². The molecule has 1 heterocycles. The number of para-hydroxylation sites is 1. The van der Waals surface area contributed by atoms with Crippen LogP contribution in [-0.4, -0.2) is 4.98 Å². The summed E-state index contributed by atoms with van der Waals surface area (Å²) >= 11 is 0. The minimum atomic E-state index is 0.457. The first kappa shape index (κ1) is 23.2. The minimum absolute atomic E-state index is 0.457. The number of nitrogens with zero attached hydrogens (tertiary/aromatic N) is 2. The van der Waals surface area contributed by atoms with Crippen LogP contribution in [0.4, 0.5) is 0 Å². The van der Waals surface area contributed by atoms with E-state index in [1.165, 1.54) is 50.0 Å². The quantitative estimate of drug-likeness (QED) is 0.288. The van der Waals surface area contributed by atoms with Crippen molar-refractivity contribution in [1.29, 1.82) is 0 Å². The Morgan fingerprint density at radius 2 is 1.39 bits per heavy atom. The third kappa shape index (κ3) is 4.31. The fourth-order valence-electron chi connectivity index (χ4n) is 4.84. The van der Waals surface area contributed by atoms with Crippen LogP contribution in [0.15, 0.2) is 60.9 Å².